The van der Waals surface area contributed by atoms with Crippen LogP contribution >= 0.6 is 11.3 Å². The van der Waals surface area contributed by atoms with Gasteiger partial charge in [0.15, 0.2) is 0 Å². The SMILES string of the molecule is C[C@H](c1ccccc1)n1c(C(=O)NCC2CC2)cc2sccc21. The van der Waals surface area contributed by atoms with E-state index in [4.69, 9.17) is 0 Å². The molecule has 1 saturated carbocycles. The molecule has 0 unspecified atom stereocenters. The summed E-state index contributed by atoms with van der Waals surface area (Å²) in [7, 11) is 0. The van der Waals surface area contributed by atoms with Crippen LogP contribution in [0.5, 0.6) is 0 Å². The molecule has 1 aliphatic carbocycles. The number of nitrogens with zero attached hydrogens (tertiary/aromatic N) is 1. The predicted octanol–water partition coefficient (Wildman–Crippen LogP) is 4.45. The van der Waals surface area contributed by atoms with Crippen molar-refractivity contribution in [2.24, 2.45) is 5.92 Å². The molecule has 0 spiro atoms. The van der Waals surface area contributed by atoms with Gasteiger partial charge in [0.05, 0.1) is 16.3 Å². The average Bonchev–Trinajstić information content (AvgIpc) is 3.18. The van der Waals surface area contributed by atoms with Crippen LogP contribution in [0.25, 0.3) is 10.2 Å². The van der Waals surface area contributed by atoms with Crippen molar-refractivity contribution in [2.75, 3.05) is 6.54 Å². The Balaban J connectivity index is 1.72. The molecule has 0 saturated heterocycles. The van der Waals surface area contributed by atoms with Gasteiger partial charge < -0.3 is 9.88 Å². The summed E-state index contributed by atoms with van der Waals surface area (Å²) in [5.41, 5.74) is 3.12. The van der Waals surface area contributed by atoms with E-state index in [1.807, 2.05) is 24.3 Å². The Morgan fingerprint density at radius 3 is 2.83 bits per heavy atom. The number of benzene rings is 1. The van der Waals surface area contributed by atoms with Crippen molar-refractivity contribution in [2.45, 2.75) is 25.8 Å². The van der Waals surface area contributed by atoms with Gasteiger partial charge in [0.2, 0.25) is 0 Å². The summed E-state index contributed by atoms with van der Waals surface area (Å²) in [5, 5.41) is 5.19. The molecule has 2 aromatic heterocycles. The van der Waals surface area contributed by atoms with E-state index in [9.17, 15) is 4.79 Å². The second-order valence-electron chi connectivity index (χ2n) is 6.31. The van der Waals surface area contributed by atoms with Gasteiger partial charge in [-0.05, 0) is 48.8 Å². The van der Waals surface area contributed by atoms with Gasteiger partial charge in [-0.15, -0.1) is 11.3 Å². The molecule has 4 rings (SSSR count). The molecule has 1 N–H and O–H groups in total. The fraction of sp³-hybridized carbons (Fsp3) is 0.316. The fourth-order valence-electron chi connectivity index (χ4n) is 3.07. The zero-order valence-electron chi connectivity index (χ0n) is 13.2. The maximum atomic E-state index is 12.7. The molecule has 4 heteroatoms. The van der Waals surface area contributed by atoms with Gasteiger partial charge in [-0.3, -0.25) is 4.79 Å². The van der Waals surface area contributed by atoms with Crippen LogP contribution in [0.15, 0.2) is 47.8 Å². The van der Waals surface area contributed by atoms with Gasteiger partial charge in [-0.1, -0.05) is 30.3 Å². The molecular weight excluding hydrogens is 304 g/mol. The van der Waals surface area contributed by atoms with Gasteiger partial charge >= 0.3 is 0 Å². The number of carbonyl (C=O) groups is 1. The van der Waals surface area contributed by atoms with Gasteiger partial charge in [0.1, 0.15) is 5.69 Å². The maximum absolute atomic E-state index is 12.7. The molecule has 3 aromatic rings. The van der Waals surface area contributed by atoms with Gasteiger partial charge in [-0.2, -0.15) is 0 Å². The number of carbonyl (C=O) groups excluding carboxylic acids is 1. The summed E-state index contributed by atoms with van der Waals surface area (Å²) in [6, 6.07) is 14.6. The summed E-state index contributed by atoms with van der Waals surface area (Å²) in [4.78, 5) is 12.7. The number of nitrogens with one attached hydrogen (secondary N) is 1. The van der Waals surface area contributed by atoms with E-state index < -0.39 is 0 Å². The third-order valence-electron chi connectivity index (χ3n) is 4.61. The van der Waals surface area contributed by atoms with E-state index in [1.54, 1.807) is 11.3 Å². The molecule has 1 aliphatic rings. The standard InChI is InChI=1S/C19H20N2OS/c1-13(15-5-3-2-4-6-15)21-16-9-10-23-18(16)11-17(21)19(22)20-12-14-7-8-14/h2-6,9-11,13-14H,7-8,12H2,1H3,(H,20,22)/t13-/m1/s1. The van der Waals surface area contributed by atoms with Crippen molar-refractivity contribution in [3.05, 3.63) is 59.1 Å². The topological polar surface area (TPSA) is 34.0 Å². The number of fused-ring (bicyclic) bond motifs is 1. The molecule has 118 valence electrons. The Kier molecular flexibility index (Phi) is 3.69. The van der Waals surface area contributed by atoms with Crippen molar-refractivity contribution in [1.82, 2.24) is 9.88 Å². The van der Waals surface area contributed by atoms with E-state index in [2.05, 4.69) is 40.4 Å². The van der Waals surface area contributed by atoms with Crippen molar-refractivity contribution in [3.63, 3.8) is 0 Å². The highest BCUT2D eigenvalue weighted by molar-refractivity contribution is 7.17. The summed E-state index contributed by atoms with van der Waals surface area (Å²) in [5.74, 6) is 0.734. The van der Waals surface area contributed by atoms with Crippen LogP contribution in [0.4, 0.5) is 0 Å². The number of hydrogen-bond donors (Lipinski definition) is 1. The second kappa shape index (κ2) is 5.85. The summed E-state index contributed by atoms with van der Waals surface area (Å²) >= 11 is 1.69. The van der Waals surface area contributed by atoms with Crippen molar-refractivity contribution >= 4 is 27.5 Å². The minimum absolute atomic E-state index is 0.0445. The Morgan fingerprint density at radius 1 is 1.30 bits per heavy atom. The Morgan fingerprint density at radius 2 is 2.09 bits per heavy atom. The zero-order chi connectivity index (χ0) is 15.8. The van der Waals surface area contributed by atoms with Crippen LogP contribution in [-0.2, 0) is 0 Å². The first-order chi connectivity index (χ1) is 11.2. The van der Waals surface area contributed by atoms with Crippen LogP contribution in [0.3, 0.4) is 0 Å². The van der Waals surface area contributed by atoms with Gasteiger partial charge in [0.25, 0.3) is 5.91 Å². The first-order valence-corrected chi connectivity index (χ1v) is 9.03. The highest BCUT2D eigenvalue weighted by Crippen LogP contribution is 2.32. The van der Waals surface area contributed by atoms with Crippen LogP contribution in [0.1, 0.15) is 41.9 Å². The molecule has 1 aromatic carbocycles. The first-order valence-electron chi connectivity index (χ1n) is 8.15. The Bertz CT molecular complexity index is 830. The smallest absolute Gasteiger partial charge is 0.268 e. The van der Waals surface area contributed by atoms with Crippen LogP contribution < -0.4 is 5.32 Å². The van der Waals surface area contributed by atoms with Crippen LogP contribution in [0.2, 0.25) is 0 Å². The van der Waals surface area contributed by atoms with Gasteiger partial charge in [0, 0.05) is 6.54 Å². The van der Waals surface area contributed by atoms with Crippen molar-refractivity contribution in [3.8, 4) is 0 Å². The fourth-order valence-corrected chi connectivity index (χ4v) is 3.88. The van der Waals surface area contributed by atoms with E-state index in [-0.39, 0.29) is 11.9 Å². The molecule has 1 fully saturated rings. The highest BCUT2D eigenvalue weighted by Gasteiger charge is 2.24. The predicted molar refractivity (Wildman–Crippen MR) is 95.1 cm³/mol. The average molecular weight is 324 g/mol. The first kappa shape index (κ1) is 14.5. The number of thiophene rings is 1. The lowest BCUT2D eigenvalue weighted by Crippen LogP contribution is -2.28. The normalized spacial score (nSPS) is 15.7. The summed E-state index contributed by atoms with van der Waals surface area (Å²) in [6.45, 7) is 2.96. The maximum Gasteiger partial charge on any atom is 0.268 e. The number of hydrogen-bond acceptors (Lipinski definition) is 2. The van der Waals surface area contributed by atoms with Crippen LogP contribution in [0, 0.1) is 5.92 Å². The Hall–Kier alpha value is -2.07. The molecule has 0 radical (unpaired) electrons. The number of aromatic nitrogens is 1. The molecule has 1 atom stereocenters. The summed E-state index contributed by atoms with van der Waals surface area (Å²) < 4.78 is 3.34. The van der Waals surface area contributed by atoms with E-state index in [0.29, 0.717) is 5.92 Å². The third-order valence-corrected chi connectivity index (χ3v) is 5.46. The largest absolute Gasteiger partial charge is 0.350 e. The lowest BCUT2D eigenvalue weighted by molar-refractivity contribution is 0.0942. The molecular formula is C19H20N2OS. The van der Waals surface area contributed by atoms with E-state index in [0.717, 1.165) is 17.8 Å². The molecule has 23 heavy (non-hydrogen) atoms. The molecule has 1 amide bonds. The minimum atomic E-state index is 0.0445. The zero-order valence-corrected chi connectivity index (χ0v) is 14.0. The number of rotatable bonds is 5. The van der Waals surface area contributed by atoms with E-state index in [1.165, 1.54) is 23.1 Å². The van der Waals surface area contributed by atoms with Crippen LogP contribution in [-0.4, -0.2) is 17.0 Å². The minimum Gasteiger partial charge on any atom is -0.350 e. The highest BCUT2D eigenvalue weighted by atomic mass is 32.1. The van der Waals surface area contributed by atoms with Gasteiger partial charge in [-0.25, -0.2) is 0 Å². The summed E-state index contributed by atoms with van der Waals surface area (Å²) in [6.07, 6.45) is 2.49. The number of amides is 1. The monoisotopic (exact) mass is 324 g/mol. The quantitative estimate of drug-likeness (QED) is 0.739. The van der Waals surface area contributed by atoms with Crippen molar-refractivity contribution < 1.29 is 4.79 Å². The second-order valence-corrected chi connectivity index (χ2v) is 7.26. The molecule has 2 heterocycles. The lowest BCUT2D eigenvalue weighted by atomic mass is 10.1. The van der Waals surface area contributed by atoms with E-state index >= 15 is 0 Å². The molecule has 3 nitrogen and oxygen atoms in total. The van der Waals surface area contributed by atoms with Crippen molar-refractivity contribution in [1.29, 1.82) is 0 Å². The lowest BCUT2D eigenvalue weighted by Gasteiger charge is -2.19. The Labute approximate surface area is 139 Å². The molecule has 0 aliphatic heterocycles. The molecule has 0 bridgehead atoms. The third kappa shape index (κ3) is 2.79.